The monoisotopic (exact) mass is 330 g/mol. The van der Waals surface area contributed by atoms with Crippen molar-refractivity contribution in [2.75, 3.05) is 13.1 Å². The van der Waals surface area contributed by atoms with Gasteiger partial charge in [-0.05, 0) is 24.1 Å². The SMILES string of the molecule is CC(=O)NCC(=O)N1CC(O)CC1c1cccc(C(F)(F)F)c1. The van der Waals surface area contributed by atoms with E-state index in [1.54, 1.807) is 0 Å². The Balaban J connectivity index is 2.22. The van der Waals surface area contributed by atoms with Crippen molar-refractivity contribution < 1.29 is 27.9 Å². The maximum atomic E-state index is 12.8. The summed E-state index contributed by atoms with van der Waals surface area (Å²) in [6, 6.07) is 4.07. The molecule has 1 saturated heterocycles. The lowest BCUT2D eigenvalue weighted by Gasteiger charge is -2.25. The molecule has 8 heteroatoms. The van der Waals surface area contributed by atoms with Crippen molar-refractivity contribution in [3.05, 3.63) is 35.4 Å². The van der Waals surface area contributed by atoms with Crippen molar-refractivity contribution in [1.29, 1.82) is 0 Å². The van der Waals surface area contributed by atoms with Crippen LogP contribution in [0.15, 0.2) is 24.3 Å². The molecular formula is C15H17F3N2O3. The first kappa shape index (κ1) is 17.3. The Hall–Kier alpha value is -2.09. The van der Waals surface area contributed by atoms with Gasteiger partial charge < -0.3 is 15.3 Å². The highest BCUT2D eigenvalue weighted by molar-refractivity contribution is 5.84. The van der Waals surface area contributed by atoms with Crippen LogP contribution in [-0.4, -0.2) is 41.0 Å². The second-order valence-corrected chi connectivity index (χ2v) is 5.48. The van der Waals surface area contributed by atoms with E-state index in [0.29, 0.717) is 5.56 Å². The highest BCUT2D eigenvalue weighted by Gasteiger charge is 2.37. The predicted octanol–water partition coefficient (Wildman–Crippen LogP) is 1.48. The van der Waals surface area contributed by atoms with E-state index in [1.165, 1.54) is 24.0 Å². The van der Waals surface area contributed by atoms with E-state index in [4.69, 9.17) is 0 Å². The Kier molecular flexibility index (Phi) is 4.93. The van der Waals surface area contributed by atoms with Crippen molar-refractivity contribution in [3.8, 4) is 0 Å². The van der Waals surface area contributed by atoms with Gasteiger partial charge in [-0.2, -0.15) is 13.2 Å². The zero-order valence-electron chi connectivity index (χ0n) is 12.4. The van der Waals surface area contributed by atoms with Crippen LogP contribution in [0, 0.1) is 0 Å². The van der Waals surface area contributed by atoms with Gasteiger partial charge in [0.05, 0.1) is 24.3 Å². The highest BCUT2D eigenvalue weighted by Crippen LogP contribution is 2.36. The van der Waals surface area contributed by atoms with E-state index < -0.39 is 29.8 Å². The number of β-amino-alcohol motifs (C(OH)–C–C–N with tert-alkyl or cyclic N) is 1. The van der Waals surface area contributed by atoms with Crippen LogP contribution >= 0.6 is 0 Å². The van der Waals surface area contributed by atoms with Crippen molar-refractivity contribution in [1.82, 2.24) is 10.2 Å². The summed E-state index contributed by atoms with van der Waals surface area (Å²) in [7, 11) is 0. The molecule has 0 saturated carbocycles. The summed E-state index contributed by atoms with van der Waals surface area (Å²) in [5, 5.41) is 12.1. The molecule has 0 radical (unpaired) electrons. The number of nitrogens with zero attached hydrogens (tertiary/aromatic N) is 1. The number of nitrogens with one attached hydrogen (secondary N) is 1. The number of aliphatic hydroxyl groups excluding tert-OH is 1. The first-order valence-corrected chi connectivity index (χ1v) is 7.07. The number of alkyl halides is 3. The van der Waals surface area contributed by atoms with Crippen LogP contribution < -0.4 is 5.32 Å². The number of halogens is 3. The zero-order valence-corrected chi connectivity index (χ0v) is 12.4. The summed E-state index contributed by atoms with van der Waals surface area (Å²) in [6.07, 6.45) is -5.12. The molecule has 1 aromatic carbocycles. The molecule has 1 heterocycles. The minimum Gasteiger partial charge on any atom is -0.391 e. The summed E-state index contributed by atoms with van der Waals surface area (Å²) in [5.74, 6) is -0.826. The minimum atomic E-state index is -4.47. The maximum Gasteiger partial charge on any atom is 0.416 e. The Labute approximate surface area is 131 Å². The third kappa shape index (κ3) is 4.22. The van der Waals surface area contributed by atoms with Crippen molar-refractivity contribution in [3.63, 3.8) is 0 Å². The fourth-order valence-corrected chi connectivity index (χ4v) is 2.63. The van der Waals surface area contributed by atoms with Gasteiger partial charge in [0.25, 0.3) is 0 Å². The Morgan fingerprint density at radius 3 is 2.70 bits per heavy atom. The van der Waals surface area contributed by atoms with Gasteiger partial charge in [0.15, 0.2) is 0 Å². The van der Waals surface area contributed by atoms with Crippen LogP contribution in [0.1, 0.15) is 30.5 Å². The largest absolute Gasteiger partial charge is 0.416 e. The first-order chi connectivity index (χ1) is 10.7. The number of carbonyl (C=O) groups is 2. The van der Waals surface area contributed by atoms with Crippen molar-refractivity contribution >= 4 is 11.8 Å². The van der Waals surface area contributed by atoms with Gasteiger partial charge in [0, 0.05) is 13.5 Å². The second kappa shape index (κ2) is 6.57. The van der Waals surface area contributed by atoms with Gasteiger partial charge in [-0.3, -0.25) is 9.59 Å². The topological polar surface area (TPSA) is 69.6 Å². The molecule has 126 valence electrons. The Bertz CT molecular complexity index is 604. The van der Waals surface area contributed by atoms with Crippen LogP contribution in [0.3, 0.4) is 0 Å². The first-order valence-electron chi connectivity index (χ1n) is 7.07. The van der Waals surface area contributed by atoms with Crippen LogP contribution in [0.2, 0.25) is 0 Å². The number of rotatable bonds is 3. The Morgan fingerprint density at radius 2 is 2.09 bits per heavy atom. The number of aliphatic hydroxyl groups is 1. The van der Waals surface area contributed by atoms with Gasteiger partial charge in [-0.1, -0.05) is 12.1 Å². The number of likely N-dealkylation sites (tertiary alicyclic amines) is 1. The average Bonchev–Trinajstić information content (AvgIpc) is 2.86. The molecule has 5 nitrogen and oxygen atoms in total. The van der Waals surface area contributed by atoms with Gasteiger partial charge in [0.1, 0.15) is 0 Å². The smallest absolute Gasteiger partial charge is 0.391 e. The molecule has 23 heavy (non-hydrogen) atoms. The van der Waals surface area contributed by atoms with Gasteiger partial charge in [-0.15, -0.1) is 0 Å². The zero-order chi connectivity index (χ0) is 17.2. The van der Waals surface area contributed by atoms with E-state index in [2.05, 4.69) is 5.32 Å². The lowest BCUT2D eigenvalue weighted by molar-refractivity contribution is -0.137. The van der Waals surface area contributed by atoms with E-state index in [-0.39, 0.29) is 25.4 Å². The summed E-state index contributed by atoms with van der Waals surface area (Å²) in [5.41, 5.74) is -0.488. The summed E-state index contributed by atoms with van der Waals surface area (Å²) in [6.45, 7) is 1.03. The van der Waals surface area contributed by atoms with Gasteiger partial charge in [0.2, 0.25) is 11.8 Å². The molecule has 2 amide bonds. The van der Waals surface area contributed by atoms with E-state index >= 15 is 0 Å². The standard InChI is InChI=1S/C15H17F3N2O3/c1-9(21)19-7-14(23)20-8-12(22)6-13(20)10-3-2-4-11(5-10)15(16,17)18/h2-5,12-13,22H,6-8H2,1H3,(H,19,21). The number of hydrogen-bond acceptors (Lipinski definition) is 3. The van der Waals surface area contributed by atoms with E-state index in [0.717, 1.165) is 12.1 Å². The van der Waals surface area contributed by atoms with Crippen LogP contribution in [0.25, 0.3) is 0 Å². The van der Waals surface area contributed by atoms with E-state index in [9.17, 15) is 27.9 Å². The predicted molar refractivity (Wildman–Crippen MR) is 75.2 cm³/mol. The van der Waals surface area contributed by atoms with Crippen LogP contribution in [0.4, 0.5) is 13.2 Å². The molecule has 1 fully saturated rings. The Morgan fingerprint density at radius 1 is 1.39 bits per heavy atom. The summed E-state index contributed by atoms with van der Waals surface area (Å²) in [4.78, 5) is 24.3. The number of benzene rings is 1. The second-order valence-electron chi connectivity index (χ2n) is 5.48. The normalized spacial score (nSPS) is 21.3. The van der Waals surface area contributed by atoms with Crippen molar-refractivity contribution in [2.45, 2.75) is 31.7 Å². The molecule has 0 spiro atoms. The molecular weight excluding hydrogens is 313 g/mol. The van der Waals surface area contributed by atoms with Gasteiger partial charge in [-0.25, -0.2) is 0 Å². The number of carbonyl (C=O) groups excluding carboxylic acids is 2. The summed E-state index contributed by atoms with van der Waals surface area (Å²) < 4.78 is 38.5. The lowest BCUT2D eigenvalue weighted by atomic mass is 10.0. The fraction of sp³-hybridized carbons (Fsp3) is 0.467. The number of amides is 2. The molecule has 0 aliphatic carbocycles. The molecule has 2 rings (SSSR count). The fourth-order valence-electron chi connectivity index (χ4n) is 2.63. The average molecular weight is 330 g/mol. The maximum absolute atomic E-state index is 12.8. The van der Waals surface area contributed by atoms with Crippen LogP contribution in [0.5, 0.6) is 0 Å². The summed E-state index contributed by atoms with van der Waals surface area (Å²) >= 11 is 0. The molecule has 1 aliphatic rings. The molecule has 2 N–H and O–H groups in total. The lowest BCUT2D eigenvalue weighted by Crippen LogP contribution is -2.39. The molecule has 2 atom stereocenters. The molecule has 1 aliphatic heterocycles. The minimum absolute atomic E-state index is 0.0271. The molecule has 2 unspecified atom stereocenters. The quantitative estimate of drug-likeness (QED) is 0.882. The van der Waals surface area contributed by atoms with Gasteiger partial charge >= 0.3 is 6.18 Å². The molecule has 0 bridgehead atoms. The molecule has 1 aromatic rings. The van der Waals surface area contributed by atoms with Crippen molar-refractivity contribution in [2.24, 2.45) is 0 Å². The third-order valence-corrected chi connectivity index (χ3v) is 3.69. The van der Waals surface area contributed by atoms with E-state index in [1.807, 2.05) is 0 Å². The molecule has 0 aromatic heterocycles. The number of hydrogen-bond donors (Lipinski definition) is 2. The van der Waals surface area contributed by atoms with Crippen LogP contribution in [-0.2, 0) is 15.8 Å². The third-order valence-electron chi connectivity index (χ3n) is 3.69. The highest BCUT2D eigenvalue weighted by atomic mass is 19.4.